The summed E-state index contributed by atoms with van der Waals surface area (Å²) in [5, 5.41) is 12.6. The predicted molar refractivity (Wildman–Crippen MR) is 65.4 cm³/mol. The van der Waals surface area contributed by atoms with E-state index >= 15 is 0 Å². The molecule has 92 valence electrons. The second-order valence-corrected chi connectivity index (χ2v) is 4.44. The first-order valence-electron chi connectivity index (χ1n) is 5.06. The lowest BCUT2D eigenvalue weighted by atomic mass is 10.1. The molecule has 1 heterocycles. The van der Waals surface area contributed by atoms with E-state index in [4.69, 9.17) is 4.74 Å². The maximum absolute atomic E-state index is 11.5. The quantitative estimate of drug-likeness (QED) is 0.379. The molecule has 0 unspecified atom stereocenters. The largest absolute Gasteiger partial charge is 0.512 e. The van der Waals surface area contributed by atoms with Crippen LogP contribution in [0.5, 0.6) is 0 Å². The molecular weight excluding hydrogens is 242 g/mol. The Labute approximate surface area is 103 Å². The summed E-state index contributed by atoms with van der Waals surface area (Å²) in [4.78, 5) is 22.6. The molecule has 0 fully saturated rings. The van der Waals surface area contributed by atoms with Crippen molar-refractivity contribution in [3.05, 3.63) is 33.2 Å². The third-order valence-electron chi connectivity index (χ3n) is 2.05. The van der Waals surface area contributed by atoms with Gasteiger partial charge in [0.25, 0.3) is 0 Å². The molecule has 5 nitrogen and oxygen atoms in total. The number of hydrogen-bond acceptors (Lipinski definition) is 6. The summed E-state index contributed by atoms with van der Waals surface area (Å²) in [6.45, 7) is 3.38. The zero-order valence-electron chi connectivity index (χ0n) is 9.60. The van der Waals surface area contributed by atoms with Gasteiger partial charge in [-0.25, -0.2) is 4.79 Å². The minimum absolute atomic E-state index is 0.0718. The lowest BCUT2D eigenvalue weighted by molar-refractivity contribution is -0.138. The van der Waals surface area contributed by atoms with Gasteiger partial charge < -0.3 is 9.84 Å². The van der Waals surface area contributed by atoms with Crippen LogP contribution < -0.4 is 0 Å². The maximum atomic E-state index is 11.5. The first-order valence-corrected chi connectivity index (χ1v) is 5.88. The van der Waals surface area contributed by atoms with Crippen LogP contribution >= 0.6 is 11.3 Å². The van der Waals surface area contributed by atoms with E-state index in [0.717, 1.165) is 4.88 Å². The van der Waals surface area contributed by atoms with Crippen molar-refractivity contribution < 1.29 is 14.6 Å². The van der Waals surface area contributed by atoms with Crippen LogP contribution in [-0.2, 0) is 16.0 Å². The minimum atomic E-state index is -0.540. The summed E-state index contributed by atoms with van der Waals surface area (Å²) in [7, 11) is 0. The molecule has 0 aliphatic rings. The molecule has 0 atom stereocenters. The van der Waals surface area contributed by atoms with Crippen LogP contribution in [0.1, 0.15) is 18.7 Å². The summed E-state index contributed by atoms with van der Waals surface area (Å²) < 4.78 is 4.83. The van der Waals surface area contributed by atoms with Crippen molar-refractivity contribution in [3.8, 4) is 0 Å². The third-order valence-corrected chi connectivity index (χ3v) is 3.01. The fourth-order valence-electron chi connectivity index (χ4n) is 1.25. The molecule has 0 amide bonds. The Morgan fingerprint density at radius 3 is 2.71 bits per heavy atom. The van der Waals surface area contributed by atoms with E-state index < -0.39 is 5.97 Å². The number of thiophene rings is 1. The molecule has 1 aromatic heterocycles. The van der Waals surface area contributed by atoms with Crippen molar-refractivity contribution in [2.75, 3.05) is 6.61 Å². The molecule has 17 heavy (non-hydrogen) atoms. The Morgan fingerprint density at radius 1 is 1.53 bits per heavy atom. The number of ether oxygens (including phenoxy) is 1. The lowest BCUT2D eigenvalue weighted by Crippen LogP contribution is -2.11. The molecule has 6 heteroatoms. The van der Waals surface area contributed by atoms with Crippen LogP contribution in [0.4, 0.5) is 5.00 Å². The monoisotopic (exact) mass is 255 g/mol. The van der Waals surface area contributed by atoms with Gasteiger partial charge in [0, 0.05) is 11.3 Å². The van der Waals surface area contributed by atoms with Gasteiger partial charge in [0.15, 0.2) is 5.00 Å². The van der Waals surface area contributed by atoms with Crippen LogP contribution in [0, 0.1) is 4.91 Å². The van der Waals surface area contributed by atoms with E-state index in [1.807, 2.05) is 0 Å². The molecule has 0 radical (unpaired) electrons. The second-order valence-electron chi connectivity index (χ2n) is 3.29. The number of carbonyl (C=O) groups is 1. The highest BCUT2D eigenvalue weighted by molar-refractivity contribution is 7.15. The zero-order valence-corrected chi connectivity index (χ0v) is 10.4. The highest BCUT2D eigenvalue weighted by Crippen LogP contribution is 2.27. The Balaban J connectivity index is 2.85. The highest BCUT2D eigenvalue weighted by Gasteiger charge is 2.16. The number of carbonyl (C=O) groups excluding carboxylic acids is 1. The van der Waals surface area contributed by atoms with Gasteiger partial charge in [-0.2, -0.15) is 0 Å². The predicted octanol–water partition coefficient (Wildman–Crippen LogP) is 3.08. The number of rotatable bonds is 5. The van der Waals surface area contributed by atoms with Crippen LogP contribution in [0.2, 0.25) is 0 Å². The van der Waals surface area contributed by atoms with E-state index in [0.29, 0.717) is 5.00 Å². The van der Waals surface area contributed by atoms with Gasteiger partial charge in [-0.05, 0) is 31.2 Å². The van der Waals surface area contributed by atoms with Gasteiger partial charge in [0.1, 0.15) is 0 Å². The van der Waals surface area contributed by atoms with Crippen LogP contribution in [0.25, 0.3) is 0 Å². The number of nitrogens with zero attached hydrogens (tertiary/aromatic N) is 1. The zero-order chi connectivity index (χ0) is 12.8. The Hall–Kier alpha value is -1.69. The van der Waals surface area contributed by atoms with Crippen LogP contribution in [-0.4, -0.2) is 17.7 Å². The topological polar surface area (TPSA) is 76.0 Å². The van der Waals surface area contributed by atoms with E-state index in [1.165, 1.54) is 18.3 Å². The van der Waals surface area contributed by atoms with Crippen molar-refractivity contribution in [1.82, 2.24) is 0 Å². The Bertz CT molecular complexity index is 446. The first kappa shape index (κ1) is 13.4. The average molecular weight is 255 g/mol. The van der Waals surface area contributed by atoms with Crippen molar-refractivity contribution in [2.45, 2.75) is 20.3 Å². The first-order chi connectivity index (χ1) is 8.08. The van der Waals surface area contributed by atoms with Crippen molar-refractivity contribution in [1.29, 1.82) is 0 Å². The van der Waals surface area contributed by atoms with Gasteiger partial charge in [-0.3, -0.25) is 0 Å². The minimum Gasteiger partial charge on any atom is -0.512 e. The second kappa shape index (κ2) is 6.15. The molecule has 1 N–H and O–H groups in total. The number of allylic oxidation sites excluding steroid dienone is 1. The summed E-state index contributed by atoms with van der Waals surface area (Å²) in [6, 6.07) is 3.27. The summed E-state index contributed by atoms with van der Waals surface area (Å²) >= 11 is 1.18. The number of nitroso groups, excluding NO2 is 1. The molecule has 0 saturated carbocycles. The smallest absolute Gasteiger partial charge is 0.337 e. The van der Waals surface area contributed by atoms with Gasteiger partial charge in [0.05, 0.1) is 17.9 Å². The molecule has 1 rings (SSSR count). The Morgan fingerprint density at radius 2 is 2.24 bits per heavy atom. The lowest BCUT2D eigenvalue weighted by Gasteiger charge is -2.06. The Kier molecular flexibility index (Phi) is 4.84. The van der Waals surface area contributed by atoms with Crippen molar-refractivity contribution >= 4 is 22.3 Å². The standard InChI is InChI=1S/C11H13NO4S/c1-3-16-11(14)9(7(2)13)6-8-4-5-10(12-15)17-8/h4-5,13H,3,6H2,1-2H3/b9-7+. The summed E-state index contributed by atoms with van der Waals surface area (Å²) in [6.07, 6.45) is 0.237. The molecular formula is C11H13NO4S. The van der Waals surface area contributed by atoms with E-state index in [2.05, 4.69) is 5.18 Å². The number of aliphatic hydroxyl groups excluding tert-OH is 1. The number of aliphatic hydroxyl groups is 1. The van der Waals surface area contributed by atoms with E-state index in [9.17, 15) is 14.8 Å². The molecule has 0 saturated heterocycles. The fraction of sp³-hybridized carbons (Fsp3) is 0.364. The van der Waals surface area contributed by atoms with Crippen molar-refractivity contribution in [3.63, 3.8) is 0 Å². The van der Waals surface area contributed by atoms with Gasteiger partial charge in [-0.1, -0.05) is 0 Å². The molecule has 1 aromatic rings. The van der Waals surface area contributed by atoms with Crippen molar-refractivity contribution in [2.24, 2.45) is 5.18 Å². The maximum Gasteiger partial charge on any atom is 0.337 e. The summed E-state index contributed by atoms with van der Waals surface area (Å²) in [5.74, 6) is -0.612. The summed E-state index contributed by atoms with van der Waals surface area (Å²) in [5.41, 5.74) is 0.200. The normalized spacial score (nSPS) is 11.9. The number of esters is 1. The highest BCUT2D eigenvalue weighted by atomic mass is 32.1. The molecule has 0 aliphatic heterocycles. The van der Waals surface area contributed by atoms with E-state index in [1.54, 1.807) is 19.1 Å². The average Bonchev–Trinajstić information content (AvgIpc) is 2.73. The van der Waals surface area contributed by atoms with Gasteiger partial charge in [0.2, 0.25) is 0 Å². The molecule has 0 aromatic carbocycles. The van der Waals surface area contributed by atoms with Crippen LogP contribution in [0.3, 0.4) is 0 Å². The number of hydrogen-bond donors (Lipinski definition) is 1. The molecule has 0 spiro atoms. The fourth-order valence-corrected chi connectivity index (χ4v) is 2.05. The SMILES string of the molecule is CCOC(=O)/C(Cc1ccc(N=O)s1)=C(\C)O. The van der Waals surface area contributed by atoms with Gasteiger partial charge >= 0.3 is 5.97 Å². The molecule has 0 bridgehead atoms. The van der Waals surface area contributed by atoms with Gasteiger partial charge in [-0.15, -0.1) is 16.2 Å². The molecule has 0 aliphatic carbocycles. The van der Waals surface area contributed by atoms with Crippen LogP contribution in [0.15, 0.2) is 28.6 Å². The third kappa shape index (κ3) is 3.67. The van der Waals surface area contributed by atoms with E-state index in [-0.39, 0.29) is 24.4 Å².